The minimum absolute atomic E-state index is 0.0503. The van der Waals surface area contributed by atoms with Crippen molar-refractivity contribution < 1.29 is 24.4 Å². The van der Waals surface area contributed by atoms with Crippen LogP contribution in [0.3, 0.4) is 0 Å². The van der Waals surface area contributed by atoms with Gasteiger partial charge in [0.2, 0.25) is 17.7 Å². The molecular formula is C46H41N4O4+. The van der Waals surface area contributed by atoms with Gasteiger partial charge in [0.1, 0.15) is 23.0 Å². The summed E-state index contributed by atoms with van der Waals surface area (Å²) >= 11 is 0. The van der Waals surface area contributed by atoms with Crippen LogP contribution in [0.2, 0.25) is 0 Å². The second-order valence-electron chi connectivity index (χ2n) is 13.6. The molecule has 0 aliphatic heterocycles. The van der Waals surface area contributed by atoms with Crippen LogP contribution in [0.25, 0.3) is 11.1 Å². The first-order chi connectivity index (χ1) is 26.0. The lowest BCUT2D eigenvalue weighted by molar-refractivity contribution is -0.130. The molecule has 8 heteroatoms. The van der Waals surface area contributed by atoms with E-state index in [0.29, 0.717) is 33.8 Å². The maximum Gasteiger partial charge on any atom is 0.373 e. The molecule has 7 rings (SSSR count). The smallest absolute Gasteiger partial charge is 0.373 e. The largest absolute Gasteiger partial charge is 0.457 e. The van der Waals surface area contributed by atoms with E-state index >= 15 is 0 Å². The van der Waals surface area contributed by atoms with E-state index in [1.54, 1.807) is 36.4 Å². The third kappa shape index (κ3) is 7.41. The Labute approximate surface area is 315 Å². The Morgan fingerprint density at radius 2 is 1.00 bits per heavy atom. The standard InChI is InChI=1S/C46H40N4O4/c1-27(2)36-24-38-29(4)37-23-28(3)41(51-34-19-15-32(16-20-34)45(49)53-43(47)30-11-7-5-8-12-30)25-39(37)40(38)26-42(36)52-35-21-17-33(18-22-35)46(50)54-44(48)31-13-9-6-10-14-31/h5-27,29,47-50H,1-4H3/p+1. The summed E-state index contributed by atoms with van der Waals surface area (Å²) in [4.78, 5) is 0. The number of aryl methyl sites for hydroxylation is 1. The molecule has 268 valence electrons. The Bertz CT molecular complexity index is 2390. The fraction of sp³-hybridized carbons (Fsp3) is 0.130. The number of ether oxygens (including phenoxy) is 4. The van der Waals surface area contributed by atoms with E-state index in [9.17, 15) is 0 Å². The molecule has 0 fully saturated rings. The third-order valence-corrected chi connectivity index (χ3v) is 9.57. The molecule has 6 aromatic carbocycles. The SMILES string of the molecule is Cc1cc2c(cc1Oc1ccc(C(=N)OC(=[NH2+])c3ccccc3)cc1)-c1cc(Oc3ccc(C(=N)OC(=N)c4ccccc4)cc3)c(C(C)C)cc1C2C. The number of fused-ring (bicyclic) bond motifs is 3. The Balaban J connectivity index is 1.09. The van der Waals surface area contributed by atoms with Crippen LogP contribution in [0, 0.1) is 23.2 Å². The number of benzene rings is 6. The molecule has 1 aliphatic rings. The first-order valence-corrected chi connectivity index (χ1v) is 17.8. The third-order valence-electron chi connectivity index (χ3n) is 9.57. The van der Waals surface area contributed by atoms with E-state index in [-0.39, 0.29) is 35.4 Å². The molecular weight excluding hydrogens is 673 g/mol. The molecule has 5 N–H and O–H groups in total. The molecule has 0 radical (unpaired) electrons. The molecule has 1 unspecified atom stereocenters. The number of nitrogens with two attached hydrogens (primary N) is 1. The van der Waals surface area contributed by atoms with E-state index < -0.39 is 0 Å². The Kier molecular flexibility index (Phi) is 9.92. The second kappa shape index (κ2) is 15.0. The molecule has 0 aromatic heterocycles. The monoisotopic (exact) mass is 713 g/mol. The summed E-state index contributed by atoms with van der Waals surface area (Å²) in [5, 5.41) is 31.1. The van der Waals surface area contributed by atoms with Crippen molar-refractivity contribution in [1.82, 2.24) is 0 Å². The van der Waals surface area contributed by atoms with Gasteiger partial charge in [0.05, 0.1) is 5.56 Å². The Morgan fingerprint density at radius 3 is 1.54 bits per heavy atom. The zero-order valence-corrected chi connectivity index (χ0v) is 30.6. The number of nitrogens with one attached hydrogen (secondary N) is 3. The van der Waals surface area contributed by atoms with Crippen molar-refractivity contribution in [2.24, 2.45) is 0 Å². The van der Waals surface area contributed by atoms with Gasteiger partial charge in [-0.2, -0.15) is 0 Å². The highest BCUT2D eigenvalue weighted by atomic mass is 16.5. The zero-order valence-electron chi connectivity index (χ0n) is 30.6. The predicted octanol–water partition coefficient (Wildman–Crippen LogP) is 9.75. The summed E-state index contributed by atoms with van der Waals surface area (Å²) < 4.78 is 24.1. The van der Waals surface area contributed by atoms with Crippen LogP contribution >= 0.6 is 0 Å². The fourth-order valence-corrected chi connectivity index (χ4v) is 6.57. The van der Waals surface area contributed by atoms with Gasteiger partial charge in [0.25, 0.3) is 0 Å². The average molecular weight is 714 g/mol. The zero-order chi connectivity index (χ0) is 37.9. The van der Waals surface area contributed by atoms with Crippen molar-refractivity contribution in [3.8, 4) is 34.1 Å². The normalized spacial score (nSPS) is 12.7. The van der Waals surface area contributed by atoms with Crippen LogP contribution in [0.5, 0.6) is 23.0 Å². The highest BCUT2D eigenvalue weighted by Crippen LogP contribution is 2.50. The molecule has 0 bridgehead atoms. The lowest BCUT2D eigenvalue weighted by Crippen LogP contribution is -2.43. The summed E-state index contributed by atoms with van der Waals surface area (Å²) in [5.74, 6) is 3.12. The van der Waals surface area contributed by atoms with E-state index in [1.807, 2.05) is 72.8 Å². The summed E-state index contributed by atoms with van der Waals surface area (Å²) in [7, 11) is 0. The first kappa shape index (κ1) is 35.6. The number of rotatable bonds is 9. The lowest BCUT2D eigenvalue weighted by atomic mass is 9.93. The summed E-state index contributed by atoms with van der Waals surface area (Å²) in [6.45, 7) is 8.62. The molecule has 0 amide bonds. The van der Waals surface area contributed by atoms with E-state index in [0.717, 1.165) is 33.8 Å². The number of hydrogen-bond acceptors (Lipinski definition) is 7. The molecule has 0 saturated heterocycles. The lowest BCUT2D eigenvalue weighted by Gasteiger charge is -2.18. The van der Waals surface area contributed by atoms with Gasteiger partial charge in [-0.1, -0.05) is 69.3 Å². The Morgan fingerprint density at radius 1 is 0.556 bits per heavy atom. The van der Waals surface area contributed by atoms with Gasteiger partial charge in [0.15, 0.2) is 0 Å². The minimum Gasteiger partial charge on any atom is -0.457 e. The molecule has 1 atom stereocenters. The van der Waals surface area contributed by atoms with Gasteiger partial charge >= 0.3 is 5.90 Å². The molecule has 6 aromatic rings. The fourth-order valence-electron chi connectivity index (χ4n) is 6.57. The van der Waals surface area contributed by atoms with Crippen LogP contribution in [0.4, 0.5) is 0 Å². The first-order valence-electron chi connectivity index (χ1n) is 17.8. The van der Waals surface area contributed by atoms with Crippen molar-refractivity contribution in [1.29, 1.82) is 16.2 Å². The van der Waals surface area contributed by atoms with Crippen molar-refractivity contribution in [2.75, 3.05) is 0 Å². The van der Waals surface area contributed by atoms with Crippen molar-refractivity contribution in [3.63, 3.8) is 0 Å². The Hall–Kier alpha value is -6.80. The molecule has 0 heterocycles. The molecule has 0 spiro atoms. The summed E-state index contributed by atoms with van der Waals surface area (Å²) in [6, 6.07) is 41.5. The van der Waals surface area contributed by atoms with Crippen molar-refractivity contribution in [2.45, 2.75) is 39.5 Å². The highest BCUT2D eigenvalue weighted by Gasteiger charge is 2.29. The molecule has 0 saturated carbocycles. The van der Waals surface area contributed by atoms with Crippen LogP contribution in [-0.4, -0.2) is 23.6 Å². The van der Waals surface area contributed by atoms with Gasteiger partial charge in [-0.25, -0.2) is 5.41 Å². The average Bonchev–Trinajstić information content (AvgIpc) is 3.44. The minimum atomic E-state index is -0.109. The maximum absolute atomic E-state index is 8.42. The van der Waals surface area contributed by atoms with Crippen LogP contribution < -0.4 is 14.9 Å². The van der Waals surface area contributed by atoms with Gasteiger partial charge in [-0.3, -0.25) is 16.2 Å². The van der Waals surface area contributed by atoms with Crippen LogP contribution in [0.15, 0.2) is 133 Å². The highest BCUT2D eigenvalue weighted by molar-refractivity contribution is 6.05. The molecule has 1 aliphatic carbocycles. The van der Waals surface area contributed by atoms with E-state index in [1.165, 1.54) is 11.1 Å². The van der Waals surface area contributed by atoms with Gasteiger partial charge in [-0.15, -0.1) is 0 Å². The van der Waals surface area contributed by atoms with Gasteiger partial charge in [0, 0.05) is 22.6 Å². The quantitative estimate of drug-likeness (QED) is 0.0877. The van der Waals surface area contributed by atoms with Crippen molar-refractivity contribution in [3.05, 3.63) is 178 Å². The molecule has 8 nitrogen and oxygen atoms in total. The van der Waals surface area contributed by atoms with Crippen LogP contribution in [-0.2, 0) is 9.47 Å². The summed E-state index contributed by atoms with van der Waals surface area (Å²) in [6.07, 6.45) is 0. The predicted molar refractivity (Wildman–Crippen MR) is 213 cm³/mol. The van der Waals surface area contributed by atoms with Gasteiger partial charge < -0.3 is 18.9 Å². The second-order valence-corrected chi connectivity index (χ2v) is 13.6. The van der Waals surface area contributed by atoms with Crippen LogP contribution in [0.1, 0.15) is 77.1 Å². The summed E-state index contributed by atoms with van der Waals surface area (Å²) in [5.41, 5.74) is 9.24. The molecule has 54 heavy (non-hydrogen) atoms. The van der Waals surface area contributed by atoms with E-state index in [2.05, 4.69) is 52.0 Å². The van der Waals surface area contributed by atoms with Crippen molar-refractivity contribution >= 4 is 23.6 Å². The van der Waals surface area contributed by atoms with Gasteiger partial charge in [-0.05, 0) is 131 Å². The number of hydrogen-bond donors (Lipinski definition) is 4. The van der Waals surface area contributed by atoms with E-state index in [4.69, 9.17) is 40.6 Å². The topological polar surface area (TPSA) is 134 Å². The maximum atomic E-state index is 8.42.